The molecule has 10 nitrogen and oxygen atoms in total. The van der Waals surface area contributed by atoms with Crippen LogP contribution in [0.2, 0.25) is 0 Å². The van der Waals surface area contributed by atoms with E-state index in [1.165, 1.54) is 11.8 Å². The molecule has 0 saturated carbocycles. The molecule has 1 aromatic rings. The van der Waals surface area contributed by atoms with Crippen molar-refractivity contribution >= 4 is 17.9 Å². The number of hydrogen-bond acceptors (Lipinski definition) is 10. The van der Waals surface area contributed by atoms with Crippen molar-refractivity contribution in [3.05, 3.63) is 34.9 Å². The lowest BCUT2D eigenvalue weighted by Crippen LogP contribution is -2.77. The molecule has 3 heterocycles. The van der Waals surface area contributed by atoms with Crippen LogP contribution < -0.4 is 16.8 Å². The summed E-state index contributed by atoms with van der Waals surface area (Å²) in [7, 11) is 0. The number of guanidine groups is 2. The van der Waals surface area contributed by atoms with Gasteiger partial charge >= 0.3 is 18.3 Å². The summed E-state index contributed by atoms with van der Waals surface area (Å²) in [5.41, 5.74) is 3.76. The highest BCUT2D eigenvalue weighted by atomic mass is 19.4. The highest BCUT2D eigenvalue weighted by Crippen LogP contribution is 2.48. The number of benzene rings is 1. The van der Waals surface area contributed by atoms with E-state index in [-0.39, 0.29) is 43.1 Å². The second-order valence-corrected chi connectivity index (χ2v) is 8.66. The van der Waals surface area contributed by atoms with Gasteiger partial charge in [0, 0.05) is 0 Å². The number of aliphatic hydroxyl groups is 2. The van der Waals surface area contributed by atoms with Gasteiger partial charge < -0.3 is 36.6 Å². The average molecular weight is 524 g/mol. The van der Waals surface area contributed by atoms with Crippen LogP contribution in [-0.2, 0) is 17.1 Å². The van der Waals surface area contributed by atoms with Crippen LogP contribution in [-0.4, -0.2) is 75.6 Å². The molecule has 1 saturated heterocycles. The van der Waals surface area contributed by atoms with E-state index in [1.807, 2.05) is 0 Å². The van der Waals surface area contributed by atoms with Gasteiger partial charge in [-0.15, -0.1) is 0 Å². The number of alkyl halides is 6. The Morgan fingerprint density at radius 1 is 1.17 bits per heavy atom. The summed E-state index contributed by atoms with van der Waals surface area (Å²) in [5.74, 6) is -1.84. The summed E-state index contributed by atoms with van der Waals surface area (Å²) >= 11 is 0. The minimum absolute atomic E-state index is 0.118. The van der Waals surface area contributed by atoms with E-state index >= 15 is 0 Å². The molecule has 1 spiro atoms. The number of halogens is 6. The molecule has 16 heteroatoms. The van der Waals surface area contributed by atoms with Crippen molar-refractivity contribution in [2.45, 2.75) is 55.1 Å². The highest BCUT2D eigenvalue weighted by Gasteiger charge is 2.73. The SMILES string of the molecule is CC[C@]1(O)[C@@H](OC(=O)c2cc(C(F)(F)F)cc(C(F)(F)F)c2)CN2C(N)=N[C@@H](CO)[C@@H]3N=C(N)NC321. The Morgan fingerprint density at radius 3 is 2.25 bits per heavy atom. The number of carbonyl (C=O) groups excluding carboxylic acids is 1. The maximum Gasteiger partial charge on any atom is 0.416 e. The zero-order valence-electron chi connectivity index (χ0n) is 18.6. The first-order chi connectivity index (χ1) is 16.6. The lowest BCUT2D eigenvalue weighted by Gasteiger charge is -2.50. The fourth-order valence-electron chi connectivity index (χ4n) is 5.07. The molecular formula is C20H22F6N6O4. The maximum atomic E-state index is 13.2. The largest absolute Gasteiger partial charge is 0.454 e. The monoisotopic (exact) mass is 524 g/mol. The van der Waals surface area contributed by atoms with Gasteiger partial charge in [-0.25, -0.2) is 14.8 Å². The van der Waals surface area contributed by atoms with Gasteiger partial charge in [-0.3, -0.25) is 0 Å². The standard InChI is InChI=1S/C20H22F6N6O4/c1-2-17(35)12(6-32-16(28)29-11(7-33)13-18(17,32)31-15(27)30-13)36-14(34)8-3-9(19(21,22)23)5-10(4-8)20(24,25)26/h3-5,11-13,33,35H,2,6-7H2,1H3,(H2,28,29)(H3,27,30,31)/t11-,12-,13-,17-,18?/m0/s1. The molecule has 1 fully saturated rings. The lowest BCUT2D eigenvalue weighted by atomic mass is 9.76. The third kappa shape index (κ3) is 3.70. The molecule has 4 rings (SSSR count). The number of nitrogens with one attached hydrogen (secondary N) is 1. The summed E-state index contributed by atoms with van der Waals surface area (Å²) < 4.78 is 84.7. The Morgan fingerprint density at radius 2 is 1.75 bits per heavy atom. The molecule has 7 N–H and O–H groups in total. The summed E-state index contributed by atoms with van der Waals surface area (Å²) in [6.07, 6.45) is -12.0. The van der Waals surface area contributed by atoms with Crippen molar-refractivity contribution in [3.8, 4) is 0 Å². The van der Waals surface area contributed by atoms with Crippen LogP contribution in [0.5, 0.6) is 0 Å². The first-order valence-electron chi connectivity index (χ1n) is 10.6. The van der Waals surface area contributed by atoms with Gasteiger partial charge in [-0.1, -0.05) is 6.92 Å². The Bertz CT molecular complexity index is 1110. The maximum absolute atomic E-state index is 13.2. The molecule has 0 aliphatic carbocycles. The minimum atomic E-state index is -5.17. The fraction of sp³-hybridized carbons (Fsp3) is 0.550. The first-order valence-corrected chi connectivity index (χ1v) is 10.6. The molecule has 1 aromatic carbocycles. The lowest BCUT2D eigenvalue weighted by molar-refractivity contribution is -0.143. The number of carbonyl (C=O) groups is 1. The topological polar surface area (TPSA) is 159 Å². The minimum Gasteiger partial charge on any atom is -0.454 e. The van der Waals surface area contributed by atoms with E-state index in [0.29, 0.717) is 0 Å². The third-order valence-electron chi connectivity index (χ3n) is 6.73. The summed E-state index contributed by atoms with van der Waals surface area (Å²) in [6.45, 7) is 0.628. The van der Waals surface area contributed by atoms with Crippen molar-refractivity contribution in [3.63, 3.8) is 0 Å². The van der Waals surface area contributed by atoms with Crippen LogP contribution in [0.3, 0.4) is 0 Å². The Hall–Kier alpha value is -3.27. The number of nitrogens with two attached hydrogens (primary N) is 2. The van der Waals surface area contributed by atoms with E-state index in [4.69, 9.17) is 16.2 Å². The first kappa shape index (κ1) is 25.8. The fourth-order valence-corrected chi connectivity index (χ4v) is 5.07. The van der Waals surface area contributed by atoms with Gasteiger partial charge in [0.15, 0.2) is 23.7 Å². The molecule has 0 amide bonds. The van der Waals surface area contributed by atoms with E-state index in [9.17, 15) is 41.4 Å². The van der Waals surface area contributed by atoms with Gasteiger partial charge in [0.25, 0.3) is 0 Å². The van der Waals surface area contributed by atoms with Gasteiger partial charge in [0.05, 0.1) is 29.8 Å². The highest BCUT2D eigenvalue weighted by molar-refractivity contribution is 5.91. The number of hydrogen-bond donors (Lipinski definition) is 5. The molecule has 0 aromatic heterocycles. The molecule has 0 radical (unpaired) electrons. The van der Waals surface area contributed by atoms with E-state index in [0.717, 1.165) is 0 Å². The smallest absolute Gasteiger partial charge is 0.416 e. The molecule has 36 heavy (non-hydrogen) atoms. The summed E-state index contributed by atoms with van der Waals surface area (Å²) in [5, 5.41) is 24.4. The Labute approximate surface area is 199 Å². The molecule has 1 unspecified atom stereocenters. The van der Waals surface area contributed by atoms with Gasteiger partial charge in [0.1, 0.15) is 17.7 Å². The van der Waals surface area contributed by atoms with E-state index < -0.39 is 71.1 Å². The van der Waals surface area contributed by atoms with Crippen LogP contribution in [0.15, 0.2) is 28.2 Å². The second-order valence-electron chi connectivity index (χ2n) is 8.66. The zero-order valence-corrected chi connectivity index (χ0v) is 18.6. The number of nitrogens with zero attached hydrogens (tertiary/aromatic N) is 3. The zero-order chi connectivity index (χ0) is 26.8. The molecule has 5 atom stereocenters. The van der Waals surface area contributed by atoms with Crippen molar-refractivity contribution < 1.29 is 46.1 Å². The van der Waals surface area contributed by atoms with Crippen LogP contribution in [0.25, 0.3) is 0 Å². The van der Waals surface area contributed by atoms with Crippen molar-refractivity contribution in [2.24, 2.45) is 21.5 Å². The molecule has 3 aliphatic rings. The van der Waals surface area contributed by atoms with Gasteiger partial charge in [-0.05, 0) is 24.6 Å². The Balaban J connectivity index is 1.73. The number of aliphatic hydroxyl groups excluding tert-OH is 1. The number of esters is 1. The number of rotatable bonds is 4. The van der Waals surface area contributed by atoms with Crippen molar-refractivity contribution in [1.29, 1.82) is 0 Å². The quantitative estimate of drug-likeness (QED) is 0.279. The predicted molar refractivity (Wildman–Crippen MR) is 111 cm³/mol. The number of aliphatic imine (C=N–C) groups is 2. The van der Waals surface area contributed by atoms with Crippen LogP contribution in [0.1, 0.15) is 34.8 Å². The van der Waals surface area contributed by atoms with Gasteiger partial charge in [0.2, 0.25) is 0 Å². The normalized spacial score (nSPS) is 31.8. The van der Waals surface area contributed by atoms with Crippen LogP contribution in [0, 0.1) is 0 Å². The predicted octanol–water partition coefficient (Wildman–Crippen LogP) is 0.378. The molecular weight excluding hydrogens is 502 g/mol. The van der Waals surface area contributed by atoms with E-state index in [1.54, 1.807) is 0 Å². The second kappa shape index (κ2) is 8.12. The number of ether oxygens (including phenoxy) is 1. The van der Waals surface area contributed by atoms with Crippen LogP contribution in [0.4, 0.5) is 26.3 Å². The van der Waals surface area contributed by atoms with Gasteiger partial charge in [-0.2, -0.15) is 26.3 Å². The molecule has 3 aliphatic heterocycles. The van der Waals surface area contributed by atoms with Crippen molar-refractivity contribution in [2.75, 3.05) is 13.2 Å². The Kier molecular flexibility index (Phi) is 5.83. The van der Waals surface area contributed by atoms with E-state index in [2.05, 4.69) is 15.3 Å². The van der Waals surface area contributed by atoms with Crippen LogP contribution >= 0.6 is 0 Å². The summed E-state index contributed by atoms with van der Waals surface area (Å²) in [4.78, 5) is 22.5. The average Bonchev–Trinajstić information content (AvgIpc) is 3.27. The third-order valence-corrected chi connectivity index (χ3v) is 6.73. The summed E-state index contributed by atoms with van der Waals surface area (Å²) in [6, 6.07) is -1.60. The molecule has 0 bridgehead atoms. The molecule has 198 valence electrons. The van der Waals surface area contributed by atoms with Crippen molar-refractivity contribution in [1.82, 2.24) is 10.2 Å².